The second-order valence-electron chi connectivity index (χ2n) is 6.52. The van der Waals surface area contributed by atoms with Gasteiger partial charge in [0.05, 0.1) is 11.9 Å². The summed E-state index contributed by atoms with van der Waals surface area (Å²) < 4.78 is 0. The molecule has 1 aliphatic heterocycles. The van der Waals surface area contributed by atoms with Gasteiger partial charge in [-0.05, 0) is 35.9 Å². The zero-order valence-electron chi connectivity index (χ0n) is 14.5. The van der Waals surface area contributed by atoms with Crippen molar-refractivity contribution in [2.24, 2.45) is 5.73 Å². The number of rotatable bonds is 2. The standard InChI is InChI=1S/C19H17N5O3/c1-10-9-24(19(20)27)18(26)16-15(10)13-7-11(4-5-14(13)23-16)17(25)22-12-3-2-6-21-8-12/h2-8,10,23H,9H2,1H3,(H2,20,27)(H,22,25). The number of fused-ring (bicyclic) bond motifs is 3. The Labute approximate surface area is 154 Å². The largest absolute Gasteiger partial charge is 0.351 e. The molecule has 1 aliphatic rings. The third-order valence-corrected chi connectivity index (χ3v) is 4.69. The SMILES string of the molecule is CC1CN(C(N)=O)C(=O)c2[nH]c3ccc(C(=O)Nc4cccnc4)cc3c21. The topological polar surface area (TPSA) is 121 Å². The molecule has 27 heavy (non-hydrogen) atoms. The summed E-state index contributed by atoms with van der Waals surface area (Å²) in [6.45, 7) is 2.12. The van der Waals surface area contributed by atoms with Gasteiger partial charge in [0.15, 0.2) is 0 Å². The van der Waals surface area contributed by atoms with Crippen LogP contribution in [0, 0.1) is 0 Å². The predicted molar refractivity (Wildman–Crippen MR) is 99.5 cm³/mol. The number of aromatic amines is 1. The highest BCUT2D eigenvalue weighted by Crippen LogP contribution is 2.35. The molecule has 136 valence electrons. The second-order valence-corrected chi connectivity index (χ2v) is 6.52. The first-order valence-electron chi connectivity index (χ1n) is 8.44. The maximum atomic E-state index is 12.5. The summed E-state index contributed by atoms with van der Waals surface area (Å²) in [5, 5.41) is 3.58. The van der Waals surface area contributed by atoms with E-state index in [1.807, 2.05) is 6.92 Å². The minimum absolute atomic E-state index is 0.101. The van der Waals surface area contributed by atoms with Gasteiger partial charge in [0, 0.05) is 35.1 Å². The van der Waals surface area contributed by atoms with E-state index in [9.17, 15) is 14.4 Å². The summed E-state index contributed by atoms with van der Waals surface area (Å²) in [5.74, 6) is -0.822. The summed E-state index contributed by atoms with van der Waals surface area (Å²) in [6.07, 6.45) is 3.19. The van der Waals surface area contributed by atoms with Crippen LogP contribution in [0.5, 0.6) is 0 Å². The van der Waals surface area contributed by atoms with Crippen LogP contribution >= 0.6 is 0 Å². The molecular formula is C19H17N5O3. The van der Waals surface area contributed by atoms with Gasteiger partial charge in [0.25, 0.3) is 11.8 Å². The minimum atomic E-state index is -0.771. The van der Waals surface area contributed by atoms with E-state index in [4.69, 9.17) is 5.73 Å². The van der Waals surface area contributed by atoms with Crippen molar-refractivity contribution in [2.45, 2.75) is 12.8 Å². The van der Waals surface area contributed by atoms with Gasteiger partial charge < -0.3 is 16.0 Å². The average molecular weight is 363 g/mol. The molecular weight excluding hydrogens is 346 g/mol. The molecule has 0 saturated carbocycles. The van der Waals surface area contributed by atoms with E-state index < -0.39 is 11.9 Å². The molecule has 0 fully saturated rings. The van der Waals surface area contributed by atoms with Crippen molar-refractivity contribution in [3.63, 3.8) is 0 Å². The van der Waals surface area contributed by atoms with Crippen molar-refractivity contribution >= 4 is 34.4 Å². The van der Waals surface area contributed by atoms with Gasteiger partial charge in [-0.15, -0.1) is 0 Å². The summed E-state index contributed by atoms with van der Waals surface area (Å²) in [5.41, 5.74) is 8.22. The maximum absolute atomic E-state index is 12.5. The fourth-order valence-electron chi connectivity index (χ4n) is 3.45. The average Bonchev–Trinajstić information content (AvgIpc) is 3.05. The normalized spacial score (nSPS) is 16.3. The quantitative estimate of drug-likeness (QED) is 0.647. The molecule has 0 radical (unpaired) electrons. The van der Waals surface area contributed by atoms with Crippen molar-refractivity contribution in [3.8, 4) is 0 Å². The number of benzene rings is 1. The first-order valence-corrected chi connectivity index (χ1v) is 8.44. The first kappa shape index (κ1) is 16.8. The molecule has 2 aromatic heterocycles. The third-order valence-electron chi connectivity index (χ3n) is 4.69. The van der Waals surface area contributed by atoms with Crippen LogP contribution in [0.3, 0.4) is 0 Å². The Morgan fingerprint density at radius 1 is 1.33 bits per heavy atom. The summed E-state index contributed by atoms with van der Waals surface area (Å²) in [7, 11) is 0. The highest BCUT2D eigenvalue weighted by atomic mass is 16.2. The molecule has 1 unspecified atom stereocenters. The molecule has 0 spiro atoms. The molecule has 1 atom stereocenters. The lowest BCUT2D eigenvalue weighted by molar-refractivity contribution is 0.0778. The lowest BCUT2D eigenvalue weighted by Crippen LogP contribution is -2.46. The first-order chi connectivity index (χ1) is 13.0. The number of imide groups is 1. The van der Waals surface area contributed by atoms with Gasteiger partial charge >= 0.3 is 6.03 Å². The van der Waals surface area contributed by atoms with E-state index in [1.165, 1.54) is 0 Å². The van der Waals surface area contributed by atoms with E-state index >= 15 is 0 Å². The molecule has 0 aliphatic carbocycles. The Morgan fingerprint density at radius 3 is 2.85 bits per heavy atom. The molecule has 8 heteroatoms. The number of hydrogen-bond acceptors (Lipinski definition) is 4. The van der Waals surface area contributed by atoms with Crippen LogP contribution in [-0.4, -0.2) is 39.3 Å². The van der Waals surface area contributed by atoms with Crippen LogP contribution in [-0.2, 0) is 0 Å². The molecule has 4 N–H and O–H groups in total. The molecule has 4 rings (SSSR count). The van der Waals surface area contributed by atoms with E-state index in [0.29, 0.717) is 16.9 Å². The van der Waals surface area contributed by atoms with E-state index in [2.05, 4.69) is 15.3 Å². The Bertz CT molecular complexity index is 1070. The van der Waals surface area contributed by atoms with Crippen molar-refractivity contribution in [1.29, 1.82) is 0 Å². The van der Waals surface area contributed by atoms with Crippen molar-refractivity contribution in [2.75, 3.05) is 11.9 Å². The van der Waals surface area contributed by atoms with Crippen LogP contribution in [0.4, 0.5) is 10.5 Å². The lowest BCUT2D eigenvalue weighted by atomic mass is 9.92. The number of nitrogens with one attached hydrogen (secondary N) is 2. The Kier molecular flexibility index (Phi) is 3.88. The number of nitrogens with zero attached hydrogens (tertiary/aromatic N) is 2. The number of carbonyl (C=O) groups is 3. The molecule has 0 saturated heterocycles. The van der Waals surface area contributed by atoms with E-state index in [0.717, 1.165) is 21.4 Å². The molecule has 0 bridgehead atoms. The molecule has 8 nitrogen and oxygen atoms in total. The second kappa shape index (κ2) is 6.24. The highest BCUT2D eigenvalue weighted by molar-refractivity contribution is 6.11. The molecule has 3 aromatic rings. The van der Waals surface area contributed by atoms with Crippen molar-refractivity contribution in [3.05, 3.63) is 59.5 Å². The number of primary amides is 1. The number of H-pyrrole nitrogens is 1. The van der Waals surface area contributed by atoms with E-state index in [-0.39, 0.29) is 18.4 Å². The molecule has 4 amide bonds. The number of amides is 4. The van der Waals surface area contributed by atoms with Gasteiger partial charge in [-0.1, -0.05) is 6.92 Å². The number of hydrogen-bond donors (Lipinski definition) is 3. The Balaban J connectivity index is 1.74. The van der Waals surface area contributed by atoms with Crippen molar-refractivity contribution < 1.29 is 14.4 Å². The number of carbonyl (C=O) groups excluding carboxylic acids is 3. The Hall–Kier alpha value is -3.68. The zero-order chi connectivity index (χ0) is 19.1. The minimum Gasteiger partial charge on any atom is -0.351 e. The van der Waals surface area contributed by atoms with Gasteiger partial charge in [-0.3, -0.25) is 19.5 Å². The molecule has 1 aromatic carbocycles. The molecule has 3 heterocycles. The van der Waals surface area contributed by atoms with Crippen LogP contribution in [0.1, 0.15) is 39.3 Å². The summed E-state index contributed by atoms with van der Waals surface area (Å²) in [4.78, 5) is 44.7. The van der Waals surface area contributed by atoms with E-state index in [1.54, 1.807) is 42.7 Å². The van der Waals surface area contributed by atoms with Gasteiger partial charge in [0.2, 0.25) is 0 Å². The van der Waals surface area contributed by atoms with Gasteiger partial charge in [-0.2, -0.15) is 0 Å². The smallest absolute Gasteiger partial charge is 0.321 e. The Morgan fingerprint density at radius 2 is 2.15 bits per heavy atom. The van der Waals surface area contributed by atoms with Crippen LogP contribution in [0.25, 0.3) is 10.9 Å². The summed E-state index contributed by atoms with van der Waals surface area (Å²) in [6, 6.07) is 7.89. The highest BCUT2D eigenvalue weighted by Gasteiger charge is 2.35. The monoisotopic (exact) mass is 363 g/mol. The fourth-order valence-corrected chi connectivity index (χ4v) is 3.45. The van der Waals surface area contributed by atoms with Gasteiger partial charge in [0.1, 0.15) is 5.69 Å². The summed E-state index contributed by atoms with van der Waals surface area (Å²) >= 11 is 0. The predicted octanol–water partition coefficient (Wildman–Crippen LogP) is 2.45. The van der Waals surface area contributed by atoms with Crippen LogP contribution in [0.2, 0.25) is 0 Å². The lowest BCUT2D eigenvalue weighted by Gasteiger charge is -2.28. The third kappa shape index (κ3) is 2.80. The number of urea groups is 1. The maximum Gasteiger partial charge on any atom is 0.321 e. The van der Waals surface area contributed by atoms with Crippen molar-refractivity contribution in [1.82, 2.24) is 14.9 Å². The number of nitrogens with two attached hydrogens (primary N) is 1. The number of aromatic nitrogens is 2. The van der Waals surface area contributed by atoms with Gasteiger partial charge in [-0.25, -0.2) is 4.79 Å². The van der Waals surface area contributed by atoms with Crippen LogP contribution in [0.15, 0.2) is 42.7 Å². The number of anilines is 1. The zero-order valence-corrected chi connectivity index (χ0v) is 14.5. The van der Waals surface area contributed by atoms with Crippen LogP contribution < -0.4 is 11.1 Å². The number of pyridine rings is 1. The fraction of sp³-hybridized carbons (Fsp3) is 0.158.